The minimum absolute atomic E-state index is 0.118. The number of carbonyl (C=O) groups excluding carboxylic acids is 1. The number of benzene rings is 1. The second-order valence-electron chi connectivity index (χ2n) is 5.80. The smallest absolute Gasteiger partial charge is 0.240 e. The van der Waals surface area contributed by atoms with Crippen LogP contribution in [0.1, 0.15) is 25.5 Å². The first-order chi connectivity index (χ1) is 11.8. The molecule has 2 N–H and O–H groups in total. The van der Waals surface area contributed by atoms with E-state index in [-0.39, 0.29) is 29.4 Å². The van der Waals surface area contributed by atoms with Gasteiger partial charge in [0.25, 0.3) is 0 Å². The molecular weight excluding hydrogens is 360 g/mol. The molecule has 0 aliphatic carbocycles. The Labute approximate surface area is 152 Å². The van der Waals surface area contributed by atoms with Crippen molar-refractivity contribution in [1.82, 2.24) is 4.72 Å². The van der Waals surface area contributed by atoms with Gasteiger partial charge in [0.15, 0.2) is 0 Å². The molecule has 0 saturated carbocycles. The second kappa shape index (κ2) is 8.57. The summed E-state index contributed by atoms with van der Waals surface area (Å²) in [6.07, 6.45) is -0.342. The summed E-state index contributed by atoms with van der Waals surface area (Å²) < 4.78 is 32.7. The number of carbonyl (C=O) groups is 1. The minimum atomic E-state index is -3.66. The van der Waals surface area contributed by atoms with Gasteiger partial charge in [-0.05, 0) is 46.7 Å². The highest BCUT2D eigenvalue weighted by atomic mass is 32.2. The highest BCUT2D eigenvalue weighted by Gasteiger charge is 2.18. The van der Waals surface area contributed by atoms with E-state index in [1.807, 2.05) is 16.8 Å². The lowest BCUT2D eigenvalue weighted by molar-refractivity contribution is -0.118. The van der Waals surface area contributed by atoms with Gasteiger partial charge in [-0.3, -0.25) is 4.79 Å². The van der Waals surface area contributed by atoms with Gasteiger partial charge < -0.3 is 10.1 Å². The number of nitrogens with one attached hydrogen (secondary N) is 2. The van der Waals surface area contributed by atoms with Gasteiger partial charge in [-0.1, -0.05) is 13.8 Å². The van der Waals surface area contributed by atoms with Crippen molar-refractivity contribution >= 4 is 33.0 Å². The Morgan fingerprint density at radius 1 is 1.20 bits per heavy atom. The molecule has 1 aromatic heterocycles. The molecule has 2 rings (SSSR count). The standard InChI is InChI=1S/C17H22N2O4S2/c1-12(2)17(20)19-14-4-6-15(7-5-14)25(21,22)18-10-16(23-3)13-8-9-24-11-13/h4-9,11-12,16,18H,10H2,1-3H3,(H,19,20). The van der Waals surface area contributed by atoms with Crippen LogP contribution in [0.15, 0.2) is 46.0 Å². The molecule has 136 valence electrons. The largest absolute Gasteiger partial charge is 0.375 e. The third kappa shape index (κ3) is 5.37. The van der Waals surface area contributed by atoms with Crippen molar-refractivity contribution in [3.05, 3.63) is 46.7 Å². The molecule has 1 unspecified atom stereocenters. The average molecular weight is 383 g/mol. The maximum Gasteiger partial charge on any atom is 0.240 e. The summed E-state index contributed by atoms with van der Waals surface area (Å²) in [5.74, 6) is -0.263. The topological polar surface area (TPSA) is 84.5 Å². The van der Waals surface area contributed by atoms with Crippen LogP contribution in [0.3, 0.4) is 0 Å². The van der Waals surface area contributed by atoms with Gasteiger partial charge in [-0.15, -0.1) is 0 Å². The number of amides is 1. The highest BCUT2D eigenvalue weighted by Crippen LogP contribution is 2.20. The van der Waals surface area contributed by atoms with Gasteiger partial charge in [0.2, 0.25) is 15.9 Å². The van der Waals surface area contributed by atoms with Crippen molar-refractivity contribution < 1.29 is 17.9 Å². The molecule has 2 aromatic rings. The summed E-state index contributed by atoms with van der Waals surface area (Å²) in [6, 6.07) is 7.97. The third-order valence-corrected chi connectivity index (χ3v) is 5.76. The lowest BCUT2D eigenvalue weighted by Crippen LogP contribution is -2.29. The number of hydrogen-bond donors (Lipinski definition) is 2. The fourth-order valence-electron chi connectivity index (χ4n) is 2.07. The van der Waals surface area contributed by atoms with E-state index in [0.717, 1.165) is 5.56 Å². The Balaban J connectivity index is 2.02. The van der Waals surface area contributed by atoms with Crippen molar-refractivity contribution in [2.24, 2.45) is 5.92 Å². The third-order valence-electron chi connectivity index (χ3n) is 3.61. The summed E-state index contributed by atoms with van der Waals surface area (Å²) in [5, 5.41) is 6.57. The van der Waals surface area contributed by atoms with Crippen LogP contribution in [0.5, 0.6) is 0 Å². The predicted molar refractivity (Wildman–Crippen MR) is 99.2 cm³/mol. The molecule has 0 radical (unpaired) electrons. The van der Waals surface area contributed by atoms with E-state index in [4.69, 9.17) is 4.74 Å². The lowest BCUT2D eigenvalue weighted by Gasteiger charge is -2.15. The van der Waals surface area contributed by atoms with Crippen LogP contribution >= 0.6 is 11.3 Å². The quantitative estimate of drug-likeness (QED) is 0.735. The van der Waals surface area contributed by atoms with Crippen LogP contribution < -0.4 is 10.0 Å². The summed E-state index contributed by atoms with van der Waals surface area (Å²) in [6.45, 7) is 3.72. The summed E-state index contributed by atoms with van der Waals surface area (Å²) >= 11 is 1.53. The number of sulfonamides is 1. The SMILES string of the molecule is COC(CNS(=O)(=O)c1ccc(NC(=O)C(C)C)cc1)c1ccsc1. The number of rotatable bonds is 8. The molecule has 6 nitrogen and oxygen atoms in total. The molecule has 8 heteroatoms. The van der Waals surface area contributed by atoms with Gasteiger partial charge in [-0.25, -0.2) is 13.1 Å². The first kappa shape index (κ1) is 19.6. The summed E-state index contributed by atoms with van der Waals surface area (Å²) in [5.41, 5.74) is 1.49. The molecule has 1 amide bonds. The summed E-state index contributed by atoms with van der Waals surface area (Å²) in [7, 11) is -2.11. The number of thiophene rings is 1. The first-order valence-corrected chi connectivity index (χ1v) is 10.2. The van der Waals surface area contributed by atoms with E-state index in [1.165, 1.54) is 23.5 Å². The zero-order valence-electron chi connectivity index (χ0n) is 14.4. The van der Waals surface area contributed by atoms with Gasteiger partial charge >= 0.3 is 0 Å². The number of methoxy groups -OCH3 is 1. The number of anilines is 1. The molecule has 1 atom stereocenters. The zero-order valence-corrected chi connectivity index (χ0v) is 16.0. The monoisotopic (exact) mass is 382 g/mol. The van der Waals surface area contributed by atoms with Crippen molar-refractivity contribution in [1.29, 1.82) is 0 Å². The Morgan fingerprint density at radius 2 is 1.88 bits per heavy atom. The average Bonchev–Trinajstić information content (AvgIpc) is 3.10. The van der Waals surface area contributed by atoms with Gasteiger partial charge in [0.1, 0.15) is 0 Å². The zero-order chi connectivity index (χ0) is 18.4. The molecule has 0 aliphatic rings. The van der Waals surface area contributed by atoms with Crippen molar-refractivity contribution in [2.75, 3.05) is 19.0 Å². The van der Waals surface area contributed by atoms with E-state index in [2.05, 4.69) is 10.0 Å². The number of ether oxygens (including phenoxy) is 1. The number of hydrogen-bond acceptors (Lipinski definition) is 5. The van der Waals surface area contributed by atoms with E-state index in [9.17, 15) is 13.2 Å². The van der Waals surface area contributed by atoms with Crippen molar-refractivity contribution in [3.63, 3.8) is 0 Å². The van der Waals surface area contributed by atoms with Crippen LogP contribution in [0.25, 0.3) is 0 Å². The molecule has 0 spiro atoms. The molecule has 25 heavy (non-hydrogen) atoms. The Morgan fingerprint density at radius 3 is 2.40 bits per heavy atom. The van der Waals surface area contributed by atoms with E-state index in [0.29, 0.717) is 5.69 Å². The van der Waals surface area contributed by atoms with Crippen molar-refractivity contribution in [2.45, 2.75) is 24.8 Å². The highest BCUT2D eigenvalue weighted by molar-refractivity contribution is 7.89. The normalized spacial score (nSPS) is 13.0. The van der Waals surface area contributed by atoms with Gasteiger partial charge in [0.05, 0.1) is 11.0 Å². The Kier molecular flexibility index (Phi) is 6.71. The predicted octanol–water partition coefficient (Wildman–Crippen LogP) is 3.01. The summed E-state index contributed by atoms with van der Waals surface area (Å²) in [4.78, 5) is 11.8. The molecule has 1 heterocycles. The molecule has 1 aromatic carbocycles. The molecular formula is C17H22N2O4S2. The fraction of sp³-hybridized carbons (Fsp3) is 0.353. The minimum Gasteiger partial charge on any atom is -0.375 e. The van der Waals surface area contributed by atoms with Crippen LogP contribution in [-0.4, -0.2) is 28.0 Å². The molecule has 0 bridgehead atoms. The van der Waals surface area contributed by atoms with E-state index < -0.39 is 10.0 Å². The van der Waals surface area contributed by atoms with Crippen molar-refractivity contribution in [3.8, 4) is 0 Å². The molecule has 0 fully saturated rings. The lowest BCUT2D eigenvalue weighted by atomic mass is 10.2. The van der Waals surface area contributed by atoms with Crippen LogP contribution in [0.2, 0.25) is 0 Å². The van der Waals surface area contributed by atoms with Gasteiger partial charge in [-0.2, -0.15) is 11.3 Å². The van der Waals surface area contributed by atoms with Gasteiger partial charge in [0, 0.05) is 25.3 Å². The van der Waals surface area contributed by atoms with E-state index in [1.54, 1.807) is 33.1 Å². The first-order valence-electron chi connectivity index (χ1n) is 7.79. The maximum atomic E-state index is 12.4. The Bertz CT molecular complexity index is 785. The Hall–Kier alpha value is -1.74. The van der Waals surface area contributed by atoms with Crippen LogP contribution in [0, 0.1) is 5.92 Å². The second-order valence-corrected chi connectivity index (χ2v) is 8.35. The fourth-order valence-corrected chi connectivity index (χ4v) is 3.80. The van der Waals surface area contributed by atoms with Crippen LogP contribution in [0.4, 0.5) is 5.69 Å². The molecule has 0 aliphatic heterocycles. The maximum absolute atomic E-state index is 12.4. The van der Waals surface area contributed by atoms with E-state index >= 15 is 0 Å². The molecule has 0 saturated heterocycles. The van der Waals surface area contributed by atoms with Crippen LogP contribution in [-0.2, 0) is 19.6 Å².